The zero-order chi connectivity index (χ0) is 30.1. The fourth-order valence-corrected chi connectivity index (χ4v) is 6.59. The Hall–Kier alpha value is -3.85. The van der Waals surface area contributed by atoms with Crippen LogP contribution in [0.2, 0.25) is 0 Å². The first kappa shape index (κ1) is 31.1. The molecule has 0 aromatic heterocycles. The SMILES string of the molecule is CCOc1ccc(N(CC(=O)N(Cc2ccccc2)C(C)C(=O)NC2CCCCC2)S(=O)(=O)c2ccc(C)cc2)cc1. The second kappa shape index (κ2) is 14.4. The molecule has 2 amide bonds. The van der Waals surface area contributed by atoms with Crippen LogP contribution in [0.5, 0.6) is 5.75 Å². The highest BCUT2D eigenvalue weighted by Gasteiger charge is 2.33. The van der Waals surface area contributed by atoms with E-state index in [1.54, 1.807) is 55.5 Å². The molecule has 0 spiro atoms. The van der Waals surface area contributed by atoms with Gasteiger partial charge in [0.2, 0.25) is 11.8 Å². The number of carbonyl (C=O) groups is 2. The van der Waals surface area contributed by atoms with Gasteiger partial charge in [0.05, 0.1) is 17.2 Å². The van der Waals surface area contributed by atoms with Crippen LogP contribution in [0.25, 0.3) is 0 Å². The minimum Gasteiger partial charge on any atom is -0.494 e. The smallest absolute Gasteiger partial charge is 0.264 e. The van der Waals surface area contributed by atoms with Gasteiger partial charge in [-0.25, -0.2) is 8.42 Å². The number of hydrogen-bond acceptors (Lipinski definition) is 5. The Morgan fingerprint density at radius 3 is 2.19 bits per heavy atom. The fourth-order valence-electron chi connectivity index (χ4n) is 5.17. The summed E-state index contributed by atoms with van der Waals surface area (Å²) < 4.78 is 34.6. The topological polar surface area (TPSA) is 96.0 Å². The van der Waals surface area contributed by atoms with Crippen molar-refractivity contribution in [1.82, 2.24) is 10.2 Å². The first-order valence-electron chi connectivity index (χ1n) is 14.6. The molecular formula is C33H41N3O5S. The molecule has 9 heteroatoms. The number of aryl methyl sites for hydroxylation is 1. The van der Waals surface area contributed by atoms with Crippen molar-refractivity contribution in [2.24, 2.45) is 0 Å². The number of rotatable bonds is 12. The normalized spacial score (nSPS) is 14.5. The van der Waals surface area contributed by atoms with E-state index in [0.717, 1.165) is 47.5 Å². The van der Waals surface area contributed by atoms with Gasteiger partial charge in [0.1, 0.15) is 18.3 Å². The van der Waals surface area contributed by atoms with Gasteiger partial charge in [-0.15, -0.1) is 0 Å². The van der Waals surface area contributed by atoms with E-state index in [1.165, 1.54) is 4.90 Å². The summed E-state index contributed by atoms with van der Waals surface area (Å²) in [6.07, 6.45) is 5.15. The van der Waals surface area contributed by atoms with E-state index in [9.17, 15) is 18.0 Å². The van der Waals surface area contributed by atoms with Crippen LogP contribution in [0.15, 0.2) is 83.8 Å². The van der Waals surface area contributed by atoms with Crippen molar-refractivity contribution in [3.63, 3.8) is 0 Å². The van der Waals surface area contributed by atoms with Gasteiger partial charge in [-0.2, -0.15) is 0 Å². The summed E-state index contributed by atoms with van der Waals surface area (Å²) >= 11 is 0. The third-order valence-corrected chi connectivity index (χ3v) is 9.43. The van der Waals surface area contributed by atoms with Gasteiger partial charge in [-0.05, 0) is 75.6 Å². The van der Waals surface area contributed by atoms with Crippen molar-refractivity contribution in [2.75, 3.05) is 17.5 Å². The largest absolute Gasteiger partial charge is 0.494 e. The molecule has 1 atom stereocenters. The summed E-state index contributed by atoms with van der Waals surface area (Å²) in [6.45, 7) is 5.62. The third kappa shape index (κ3) is 7.91. The zero-order valence-electron chi connectivity index (χ0n) is 24.7. The van der Waals surface area contributed by atoms with Gasteiger partial charge in [0, 0.05) is 12.6 Å². The number of nitrogens with one attached hydrogen (secondary N) is 1. The van der Waals surface area contributed by atoms with Crippen LogP contribution in [0.4, 0.5) is 5.69 Å². The lowest BCUT2D eigenvalue weighted by atomic mass is 9.95. The van der Waals surface area contributed by atoms with Crippen molar-refractivity contribution in [3.8, 4) is 5.75 Å². The Balaban J connectivity index is 1.66. The highest BCUT2D eigenvalue weighted by molar-refractivity contribution is 7.92. The third-order valence-electron chi connectivity index (χ3n) is 7.64. The van der Waals surface area contributed by atoms with Crippen LogP contribution < -0.4 is 14.4 Å². The molecule has 0 saturated heterocycles. The van der Waals surface area contributed by atoms with Crippen molar-refractivity contribution < 1.29 is 22.7 Å². The van der Waals surface area contributed by atoms with Gasteiger partial charge < -0.3 is 15.0 Å². The van der Waals surface area contributed by atoms with Crippen LogP contribution in [0, 0.1) is 6.92 Å². The van der Waals surface area contributed by atoms with Crippen LogP contribution in [0.3, 0.4) is 0 Å². The highest BCUT2D eigenvalue weighted by Crippen LogP contribution is 2.27. The quantitative estimate of drug-likeness (QED) is 0.302. The molecule has 0 heterocycles. The standard InChI is InChI=1S/C33H41N3O5S/c1-4-41-30-19-17-29(18-20-30)36(42(39,40)31-21-15-25(2)16-22-31)24-32(37)35(23-27-11-7-5-8-12-27)26(3)33(38)34-28-13-9-6-10-14-28/h5,7-8,11-12,15-22,26,28H,4,6,9-10,13-14,23-24H2,1-3H3,(H,34,38). The zero-order valence-corrected chi connectivity index (χ0v) is 25.5. The predicted molar refractivity (Wildman–Crippen MR) is 165 cm³/mol. The fraction of sp³-hybridized carbons (Fsp3) is 0.394. The van der Waals surface area contributed by atoms with E-state index in [2.05, 4.69) is 5.32 Å². The molecule has 1 unspecified atom stereocenters. The van der Waals surface area contributed by atoms with Crippen molar-refractivity contribution in [3.05, 3.63) is 90.0 Å². The van der Waals surface area contributed by atoms with Crippen molar-refractivity contribution in [1.29, 1.82) is 0 Å². The lowest BCUT2D eigenvalue weighted by molar-refractivity contribution is -0.139. The number of carbonyl (C=O) groups excluding carboxylic acids is 2. The Morgan fingerprint density at radius 1 is 0.929 bits per heavy atom. The van der Waals surface area contributed by atoms with Crippen LogP contribution in [0.1, 0.15) is 57.1 Å². The number of nitrogens with zero attached hydrogens (tertiary/aromatic N) is 2. The Morgan fingerprint density at radius 2 is 1.57 bits per heavy atom. The molecule has 1 aliphatic rings. The van der Waals surface area contributed by atoms with E-state index in [4.69, 9.17) is 4.74 Å². The molecule has 3 aromatic carbocycles. The maximum Gasteiger partial charge on any atom is 0.264 e. The number of hydrogen-bond donors (Lipinski definition) is 1. The lowest BCUT2D eigenvalue weighted by Gasteiger charge is -2.33. The first-order valence-corrected chi connectivity index (χ1v) is 16.1. The van der Waals surface area contributed by atoms with Gasteiger partial charge in [-0.3, -0.25) is 13.9 Å². The van der Waals surface area contributed by atoms with Crippen LogP contribution in [-0.2, 0) is 26.2 Å². The molecule has 224 valence electrons. The molecular weight excluding hydrogens is 550 g/mol. The van der Waals surface area contributed by atoms with Crippen LogP contribution >= 0.6 is 0 Å². The number of anilines is 1. The van der Waals surface area contributed by atoms with Crippen molar-refractivity contribution >= 4 is 27.5 Å². The number of benzene rings is 3. The van der Waals surface area contributed by atoms with Gasteiger partial charge in [0.25, 0.3) is 10.0 Å². The second-order valence-electron chi connectivity index (χ2n) is 10.8. The lowest BCUT2D eigenvalue weighted by Crippen LogP contribution is -2.53. The van der Waals surface area contributed by atoms with E-state index in [0.29, 0.717) is 18.0 Å². The molecule has 42 heavy (non-hydrogen) atoms. The van der Waals surface area contributed by atoms with E-state index < -0.39 is 28.5 Å². The molecule has 3 aromatic rings. The molecule has 1 N–H and O–H groups in total. The summed E-state index contributed by atoms with van der Waals surface area (Å²) in [6, 6.07) is 21.9. The highest BCUT2D eigenvalue weighted by atomic mass is 32.2. The van der Waals surface area contributed by atoms with E-state index in [-0.39, 0.29) is 23.4 Å². The first-order chi connectivity index (χ1) is 20.2. The molecule has 1 saturated carbocycles. The number of sulfonamides is 1. The number of amides is 2. The predicted octanol–water partition coefficient (Wildman–Crippen LogP) is 5.46. The summed E-state index contributed by atoms with van der Waals surface area (Å²) in [5.41, 5.74) is 2.09. The van der Waals surface area contributed by atoms with Gasteiger partial charge in [0.15, 0.2) is 0 Å². The summed E-state index contributed by atoms with van der Waals surface area (Å²) in [5, 5.41) is 3.13. The minimum absolute atomic E-state index is 0.0764. The molecule has 0 radical (unpaired) electrons. The second-order valence-corrected chi connectivity index (χ2v) is 12.6. The molecule has 0 bridgehead atoms. The Kier molecular flexibility index (Phi) is 10.6. The van der Waals surface area contributed by atoms with Crippen LogP contribution in [-0.4, -0.2) is 50.4 Å². The van der Waals surface area contributed by atoms with E-state index in [1.807, 2.05) is 44.2 Å². The Labute approximate surface area is 249 Å². The minimum atomic E-state index is -4.12. The summed E-state index contributed by atoms with van der Waals surface area (Å²) in [7, 11) is -4.12. The molecule has 1 fully saturated rings. The molecule has 1 aliphatic carbocycles. The van der Waals surface area contributed by atoms with Gasteiger partial charge >= 0.3 is 0 Å². The summed E-state index contributed by atoms with van der Waals surface area (Å²) in [5.74, 6) is -0.117. The summed E-state index contributed by atoms with van der Waals surface area (Å²) in [4.78, 5) is 29.0. The monoisotopic (exact) mass is 591 g/mol. The molecule has 0 aliphatic heterocycles. The van der Waals surface area contributed by atoms with Gasteiger partial charge in [-0.1, -0.05) is 67.3 Å². The number of ether oxygens (including phenoxy) is 1. The average molecular weight is 592 g/mol. The maximum absolute atomic E-state index is 14.1. The molecule has 8 nitrogen and oxygen atoms in total. The molecule has 4 rings (SSSR count). The Bertz CT molecular complexity index is 1420. The average Bonchev–Trinajstić information content (AvgIpc) is 3.00. The van der Waals surface area contributed by atoms with Crippen molar-refractivity contribution in [2.45, 2.75) is 76.4 Å². The maximum atomic E-state index is 14.1. The van der Waals surface area contributed by atoms with E-state index >= 15 is 0 Å².